The van der Waals surface area contributed by atoms with E-state index in [0.29, 0.717) is 5.69 Å². The van der Waals surface area contributed by atoms with Crippen LogP contribution in [0.3, 0.4) is 0 Å². The predicted molar refractivity (Wildman–Crippen MR) is 69.4 cm³/mol. The molecule has 0 saturated heterocycles. The summed E-state index contributed by atoms with van der Waals surface area (Å²) in [4.78, 5) is 24.7. The van der Waals surface area contributed by atoms with Crippen molar-refractivity contribution < 1.29 is 14.7 Å². The molecule has 0 heterocycles. The second-order valence-corrected chi connectivity index (χ2v) is 4.16. The quantitative estimate of drug-likeness (QED) is 0.794. The van der Waals surface area contributed by atoms with Crippen molar-refractivity contribution in [1.29, 1.82) is 0 Å². The van der Waals surface area contributed by atoms with Gasteiger partial charge in [0, 0.05) is 18.8 Å². The second-order valence-electron chi connectivity index (χ2n) is 4.16. The predicted octanol–water partition coefficient (Wildman–Crippen LogP) is 1.27. The molecule has 0 bridgehead atoms. The molecule has 0 spiro atoms. The standard InChI is InChI=1S/C13H18N2O3/c1-4-9(2)14-12(17)13(18)15(3)10-5-7-11(16)8-6-10/h5-9,16H,4H2,1-3H3,(H,14,17). The zero-order valence-electron chi connectivity index (χ0n) is 10.8. The van der Waals surface area contributed by atoms with Gasteiger partial charge in [0.15, 0.2) is 0 Å². The van der Waals surface area contributed by atoms with Gasteiger partial charge in [-0.1, -0.05) is 6.92 Å². The molecule has 1 atom stereocenters. The Morgan fingerprint density at radius 3 is 2.39 bits per heavy atom. The van der Waals surface area contributed by atoms with Crippen LogP contribution in [0.25, 0.3) is 0 Å². The van der Waals surface area contributed by atoms with Gasteiger partial charge < -0.3 is 15.3 Å². The van der Waals surface area contributed by atoms with Crippen LogP contribution in [0.2, 0.25) is 0 Å². The number of phenols is 1. The summed E-state index contributed by atoms with van der Waals surface area (Å²) >= 11 is 0. The molecule has 1 rings (SSSR count). The molecule has 0 aromatic heterocycles. The van der Waals surface area contributed by atoms with E-state index in [2.05, 4.69) is 5.32 Å². The van der Waals surface area contributed by atoms with Gasteiger partial charge >= 0.3 is 11.8 Å². The van der Waals surface area contributed by atoms with Crippen LogP contribution in [0.5, 0.6) is 5.75 Å². The van der Waals surface area contributed by atoms with Crippen molar-refractivity contribution in [2.24, 2.45) is 0 Å². The average Bonchev–Trinajstić information content (AvgIpc) is 2.37. The molecule has 5 nitrogen and oxygen atoms in total. The van der Waals surface area contributed by atoms with Crippen molar-refractivity contribution in [1.82, 2.24) is 5.32 Å². The van der Waals surface area contributed by atoms with Crippen LogP contribution in [0.4, 0.5) is 5.69 Å². The fourth-order valence-corrected chi connectivity index (χ4v) is 1.33. The van der Waals surface area contributed by atoms with E-state index in [1.807, 2.05) is 13.8 Å². The SMILES string of the molecule is CCC(C)NC(=O)C(=O)N(C)c1ccc(O)cc1. The number of aromatic hydroxyl groups is 1. The Kier molecular flexibility index (Phi) is 4.71. The molecule has 98 valence electrons. The molecule has 2 N–H and O–H groups in total. The molecule has 1 aromatic rings. The topological polar surface area (TPSA) is 69.6 Å². The smallest absolute Gasteiger partial charge is 0.316 e. The highest BCUT2D eigenvalue weighted by molar-refractivity contribution is 6.40. The Bertz CT molecular complexity index is 428. The van der Waals surface area contributed by atoms with Crippen LogP contribution in [0.15, 0.2) is 24.3 Å². The molecule has 2 amide bonds. The molecule has 0 fully saturated rings. The zero-order valence-corrected chi connectivity index (χ0v) is 10.8. The lowest BCUT2D eigenvalue weighted by Crippen LogP contribution is -2.44. The van der Waals surface area contributed by atoms with E-state index in [9.17, 15) is 9.59 Å². The summed E-state index contributed by atoms with van der Waals surface area (Å²) in [5, 5.41) is 11.8. The van der Waals surface area contributed by atoms with Crippen LogP contribution >= 0.6 is 0 Å². The first kappa shape index (κ1) is 14.0. The minimum absolute atomic E-state index is 0.0327. The van der Waals surface area contributed by atoms with Gasteiger partial charge in [0.05, 0.1) is 0 Å². The molecule has 0 aliphatic heterocycles. The fourth-order valence-electron chi connectivity index (χ4n) is 1.33. The highest BCUT2D eigenvalue weighted by Gasteiger charge is 2.20. The van der Waals surface area contributed by atoms with Gasteiger partial charge in [-0.05, 0) is 37.6 Å². The maximum atomic E-state index is 11.8. The summed E-state index contributed by atoms with van der Waals surface area (Å²) in [5.74, 6) is -1.13. The van der Waals surface area contributed by atoms with Crippen LogP contribution in [-0.4, -0.2) is 30.0 Å². The molecule has 0 saturated carbocycles. The van der Waals surface area contributed by atoms with Gasteiger partial charge in [0.25, 0.3) is 0 Å². The zero-order chi connectivity index (χ0) is 13.7. The third-order valence-electron chi connectivity index (χ3n) is 2.73. The van der Waals surface area contributed by atoms with Gasteiger partial charge in [0.1, 0.15) is 5.75 Å². The molecule has 18 heavy (non-hydrogen) atoms. The summed E-state index contributed by atoms with van der Waals surface area (Å²) in [5.41, 5.74) is 0.553. The number of hydrogen-bond donors (Lipinski definition) is 2. The minimum Gasteiger partial charge on any atom is -0.508 e. The van der Waals surface area contributed by atoms with E-state index >= 15 is 0 Å². The van der Waals surface area contributed by atoms with Gasteiger partial charge in [-0.15, -0.1) is 0 Å². The lowest BCUT2D eigenvalue weighted by Gasteiger charge is -2.18. The number of nitrogens with zero attached hydrogens (tertiary/aromatic N) is 1. The lowest BCUT2D eigenvalue weighted by molar-refractivity contribution is -0.137. The summed E-state index contributed by atoms with van der Waals surface area (Å²) in [6, 6.07) is 6.04. The first-order valence-electron chi connectivity index (χ1n) is 5.83. The van der Waals surface area contributed by atoms with Gasteiger partial charge in [0.2, 0.25) is 0 Å². The average molecular weight is 250 g/mol. The lowest BCUT2D eigenvalue weighted by atomic mass is 10.2. The molecule has 1 unspecified atom stereocenters. The van der Waals surface area contributed by atoms with Gasteiger partial charge in [-0.25, -0.2) is 0 Å². The first-order valence-corrected chi connectivity index (χ1v) is 5.83. The van der Waals surface area contributed by atoms with Crippen molar-refractivity contribution in [3.8, 4) is 5.75 Å². The largest absolute Gasteiger partial charge is 0.508 e. The van der Waals surface area contributed by atoms with Crippen molar-refractivity contribution in [3.05, 3.63) is 24.3 Å². The Labute approximate surface area is 106 Å². The van der Waals surface area contributed by atoms with Gasteiger partial charge in [-0.3, -0.25) is 9.59 Å². The summed E-state index contributed by atoms with van der Waals surface area (Å²) in [7, 11) is 1.52. The van der Waals surface area contributed by atoms with E-state index < -0.39 is 11.8 Å². The monoisotopic (exact) mass is 250 g/mol. The molecular formula is C13H18N2O3. The Morgan fingerprint density at radius 2 is 1.89 bits per heavy atom. The van der Waals surface area contributed by atoms with E-state index in [1.165, 1.54) is 24.1 Å². The molecule has 0 aliphatic rings. The van der Waals surface area contributed by atoms with Crippen LogP contribution < -0.4 is 10.2 Å². The maximum absolute atomic E-state index is 11.8. The number of carbonyl (C=O) groups is 2. The number of nitrogens with one attached hydrogen (secondary N) is 1. The van der Waals surface area contributed by atoms with E-state index in [1.54, 1.807) is 12.1 Å². The number of phenolic OH excluding ortho intramolecular Hbond substituents is 1. The normalized spacial score (nSPS) is 11.7. The summed E-state index contributed by atoms with van der Waals surface area (Å²) in [6.07, 6.45) is 0.766. The molecule has 0 radical (unpaired) electrons. The van der Waals surface area contributed by atoms with Crippen molar-refractivity contribution in [2.75, 3.05) is 11.9 Å². The Balaban J connectivity index is 2.71. The highest BCUT2D eigenvalue weighted by Crippen LogP contribution is 2.17. The molecule has 1 aromatic carbocycles. The number of carbonyl (C=O) groups excluding carboxylic acids is 2. The number of amides is 2. The third kappa shape index (κ3) is 3.48. The van der Waals surface area contributed by atoms with Crippen molar-refractivity contribution >= 4 is 17.5 Å². The van der Waals surface area contributed by atoms with E-state index in [0.717, 1.165) is 6.42 Å². The number of rotatable bonds is 3. The Hall–Kier alpha value is -2.04. The van der Waals surface area contributed by atoms with Gasteiger partial charge in [-0.2, -0.15) is 0 Å². The van der Waals surface area contributed by atoms with Crippen molar-refractivity contribution in [2.45, 2.75) is 26.3 Å². The van der Waals surface area contributed by atoms with Crippen LogP contribution in [0.1, 0.15) is 20.3 Å². The first-order chi connectivity index (χ1) is 8.45. The third-order valence-corrected chi connectivity index (χ3v) is 2.73. The number of likely N-dealkylation sites (N-methyl/N-ethyl adjacent to an activating group) is 1. The molecule has 5 heteroatoms. The highest BCUT2D eigenvalue weighted by atomic mass is 16.3. The van der Waals surface area contributed by atoms with Crippen LogP contribution in [-0.2, 0) is 9.59 Å². The number of benzene rings is 1. The summed E-state index contributed by atoms with van der Waals surface area (Å²) in [6.45, 7) is 3.77. The summed E-state index contributed by atoms with van der Waals surface area (Å²) < 4.78 is 0. The number of hydrogen-bond acceptors (Lipinski definition) is 3. The number of anilines is 1. The molecule has 0 aliphatic carbocycles. The van der Waals surface area contributed by atoms with Crippen LogP contribution in [0, 0.1) is 0 Å². The van der Waals surface area contributed by atoms with E-state index in [4.69, 9.17) is 5.11 Å². The second kappa shape index (κ2) is 6.05. The molecular weight excluding hydrogens is 232 g/mol. The Morgan fingerprint density at radius 1 is 1.33 bits per heavy atom. The van der Waals surface area contributed by atoms with E-state index in [-0.39, 0.29) is 11.8 Å². The maximum Gasteiger partial charge on any atom is 0.316 e. The minimum atomic E-state index is -0.625. The van der Waals surface area contributed by atoms with Crippen molar-refractivity contribution in [3.63, 3.8) is 0 Å². The fraction of sp³-hybridized carbons (Fsp3) is 0.385.